The highest BCUT2D eigenvalue weighted by atomic mass is 32.2. The summed E-state index contributed by atoms with van der Waals surface area (Å²) in [6.45, 7) is 12.1. The molecule has 4 aromatic rings. The monoisotopic (exact) mass is 603 g/mol. The minimum atomic E-state index is -2.68. The Morgan fingerprint density at radius 2 is 1.60 bits per heavy atom. The number of ether oxygens (including phenoxy) is 1. The number of nitrogens with zero attached hydrogens (tertiary/aromatic N) is 1. The molecule has 0 fully saturated rings. The SMILES string of the molecule is COC(=O)C(C(C)C)N(c1ccc(-c2ccc(NC(=O)c3oc4cccc(CCC(C)(C)C)c4c3C)cc2)cc1)S(=O)[O-]. The second-order valence-corrected chi connectivity index (χ2v) is 13.1. The molecular weight excluding hydrogens is 564 g/mol. The molecule has 0 spiro atoms. The van der Waals surface area contributed by atoms with Crippen LogP contribution in [-0.2, 0) is 27.2 Å². The lowest BCUT2D eigenvalue weighted by Gasteiger charge is -2.35. The Morgan fingerprint density at radius 1 is 1.00 bits per heavy atom. The molecule has 0 saturated heterocycles. The van der Waals surface area contributed by atoms with Crippen LogP contribution in [0.1, 0.15) is 62.7 Å². The predicted molar refractivity (Wildman–Crippen MR) is 171 cm³/mol. The normalized spacial score (nSPS) is 13.1. The Hall–Kier alpha value is -3.95. The lowest BCUT2D eigenvalue weighted by molar-refractivity contribution is -0.142. The van der Waals surface area contributed by atoms with Gasteiger partial charge in [-0.2, -0.15) is 0 Å². The quantitative estimate of drug-likeness (QED) is 0.149. The third kappa shape index (κ3) is 7.35. The summed E-state index contributed by atoms with van der Waals surface area (Å²) in [5.41, 5.74) is 5.60. The number of carbonyl (C=O) groups excluding carboxylic acids is 2. The molecule has 2 atom stereocenters. The predicted octanol–water partition coefficient (Wildman–Crippen LogP) is 7.44. The number of amides is 1. The fourth-order valence-corrected chi connectivity index (χ4v) is 5.96. The summed E-state index contributed by atoms with van der Waals surface area (Å²) in [6.07, 6.45) is 1.93. The Morgan fingerprint density at radius 3 is 2.14 bits per heavy atom. The van der Waals surface area contributed by atoms with E-state index in [2.05, 4.69) is 32.2 Å². The number of benzene rings is 3. The first-order valence-electron chi connectivity index (χ1n) is 14.3. The smallest absolute Gasteiger partial charge is 0.329 e. The number of anilines is 2. The Balaban J connectivity index is 1.51. The highest BCUT2D eigenvalue weighted by Gasteiger charge is 2.31. The molecule has 0 aliphatic carbocycles. The average molecular weight is 604 g/mol. The van der Waals surface area contributed by atoms with Crippen LogP contribution in [0, 0.1) is 18.3 Å². The van der Waals surface area contributed by atoms with E-state index in [0.717, 1.165) is 39.2 Å². The number of fused-ring (bicyclic) bond motifs is 1. The van der Waals surface area contributed by atoms with Gasteiger partial charge in [-0.15, -0.1) is 0 Å². The first-order chi connectivity index (χ1) is 20.3. The van der Waals surface area contributed by atoms with E-state index < -0.39 is 23.3 Å². The van der Waals surface area contributed by atoms with E-state index in [-0.39, 0.29) is 17.2 Å². The van der Waals surface area contributed by atoms with Crippen molar-refractivity contribution in [3.05, 3.63) is 83.6 Å². The van der Waals surface area contributed by atoms with Crippen LogP contribution < -0.4 is 9.62 Å². The first-order valence-corrected chi connectivity index (χ1v) is 15.3. The van der Waals surface area contributed by atoms with Crippen molar-refractivity contribution in [1.29, 1.82) is 0 Å². The zero-order valence-corrected chi connectivity index (χ0v) is 26.5. The number of furan rings is 1. The minimum absolute atomic E-state index is 0.201. The Labute approximate surface area is 255 Å². The highest BCUT2D eigenvalue weighted by molar-refractivity contribution is 7.80. The number of hydrogen-bond donors (Lipinski definition) is 1. The van der Waals surface area contributed by atoms with Crippen molar-refractivity contribution in [1.82, 2.24) is 0 Å². The van der Waals surface area contributed by atoms with Crippen LogP contribution >= 0.6 is 0 Å². The maximum absolute atomic E-state index is 13.2. The molecule has 4 rings (SSSR count). The highest BCUT2D eigenvalue weighted by Crippen LogP contribution is 2.32. The number of carbonyl (C=O) groups is 2. The van der Waals surface area contributed by atoms with Gasteiger partial charge in [0.15, 0.2) is 5.76 Å². The molecule has 2 unspecified atom stereocenters. The number of rotatable bonds is 10. The third-order valence-corrected chi connectivity index (χ3v) is 8.24. The number of esters is 1. The van der Waals surface area contributed by atoms with Gasteiger partial charge in [-0.1, -0.05) is 71.0 Å². The van der Waals surface area contributed by atoms with Gasteiger partial charge in [0.25, 0.3) is 5.91 Å². The van der Waals surface area contributed by atoms with Gasteiger partial charge in [0.05, 0.1) is 7.11 Å². The number of methoxy groups -OCH3 is 1. The molecule has 1 heterocycles. The van der Waals surface area contributed by atoms with Gasteiger partial charge in [-0.25, -0.2) is 4.79 Å². The summed E-state index contributed by atoms with van der Waals surface area (Å²) < 4.78 is 36.0. The summed E-state index contributed by atoms with van der Waals surface area (Å²) in [5.74, 6) is -0.945. The number of nitrogens with one attached hydrogen (secondary N) is 1. The summed E-state index contributed by atoms with van der Waals surface area (Å²) in [4.78, 5) is 25.5. The molecule has 0 radical (unpaired) electrons. The third-order valence-electron chi connectivity index (χ3n) is 7.48. The zero-order chi connectivity index (χ0) is 31.5. The summed E-state index contributed by atoms with van der Waals surface area (Å²) >= 11 is -2.68. The average Bonchev–Trinajstić information content (AvgIpc) is 3.31. The fraction of sp³-hybridized carbons (Fsp3) is 0.353. The standard InChI is InChI=1S/C34H40N2O6S/c1-21(2)30(33(38)41-7)36(43(39)40)27-17-13-24(14-18-27)23-11-15-26(16-12-23)35-32(37)31-22(3)29-25(19-20-34(4,5)6)9-8-10-28(29)42-31/h8-18,21,30H,19-20H2,1-7H3,(H,35,37)(H,39,40)/p-1. The minimum Gasteiger partial charge on any atom is -0.755 e. The van der Waals surface area contributed by atoms with Crippen LogP contribution in [0.5, 0.6) is 0 Å². The molecule has 9 heteroatoms. The number of aryl methyl sites for hydroxylation is 2. The van der Waals surface area contributed by atoms with Crippen molar-refractivity contribution in [2.45, 2.75) is 60.4 Å². The molecule has 1 aromatic heterocycles. The van der Waals surface area contributed by atoms with Gasteiger partial charge < -0.3 is 19.0 Å². The molecule has 0 saturated carbocycles. The molecule has 3 aromatic carbocycles. The van der Waals surface area contributed by atoms with Gasteiger partial charge >= 0.3 is 5.97 Å². The molecule has 0 aliphatic rings. The van der Waals surface area contributed by atoms with Gasteiger partial charge in [-0.05, 0) is 78.1 Å². The van der Waals surface area contributed by atoms with Crippen LogP contribution in [-0.4, -0.2) is 33.8 Å². The van der Waals surface area contributed by atoms with Crippen molar-refractivity contribution in [3.8, 4) is 11.1 Å². The molecule has 228 valence electrons. The van der Waals surface area contributed by atoms with Crippen molar-refractivity contribution in [2.24, 2.45) is 11.3 Å². The number of hydrogen-bond acceptors (Lipinski definition) is 6. The molecule has 43 heavy (non-hydrogen) atoms. The summed E-state index contributed by atoms with van der Waals surface area (Å²) in [5, 5.41) is 3.94. The lowest BCUT2D eigenvalue weighted by Crippen LogP contribution is -2.46. The van der Waals surface area contributed by atoms with Crippen LogP contribution in [0.4, 0.5) is 11.4 Å². The van der Waals surface area contributed by atoms with Gasteiger partial charge in [0.2, 0.25) is 0 Å². The van der Waals surface area contributed by atoms with Crippen molar-refractivity contribution in [2.75, 3.05) is 16.7 Å². The topological polar surface area (TPSA) is 112 Å². The van der Waals surface area contributed by atoms with Crippen LogP contribution in [0.3, 0.4) is 0 Å². The molecular formula is C34H39N2O6S-. The van der Waals surface area contributed by atoms with Crippen molar-refractivity contribution >= 4 is 45.5 Å². The Kier molecular flexibility index (Phi) is 9.77. The van der Waals surface area contributed by atoms with Crippen molar-refractivity contribution in [3.63, 3.8) is 0 Å². The van der Waals surface area contributed by atoms with E-state index in [1.54, 1.807) is 50.2 Å². The maximum atomic E-state index is 13.2. The Bertz CT molecular complexity index is 1620. The van der Waals surface area contributed by atoms with Crippen LogP contribution in [0.15, 0.2) is 71.1 Å². The van der Waals surface area contributed by atoms with E-state index >= 15 is 0 Å². The van der Waals surface area contributed by atoms with E-state index in [1.807, 2.05) is 31.2 Å². The largest absolute Gasteiger partial charge is 0.755 e. The van der Waals surface area contributed by atoms with Gasteiger partial charge in [0, 0.05) is 33.6 Å². The van der Waals surface area contributed by atoms with Crippen LogP contribution in [0.2, 0.25) is 0 Å². The van der Waals surface area contributed by atoms with Gasteiger partial charge in [0.1, 0.15) is 11.6 Å². The molecule has 0 aliphatic heterocycles. The fourth-order valence-electron chi connectivity index (χ4n) is 5.16. The second-order valence-electron chi connectivity index (χ2n) is 12.2. The van der Waals surface area contributed by atoms with E-state index in [9.17, 15) is 18.4 Å². The lowest BCUT2D eigenvalue weighted by atomic mass is 9.87. The van der Waals surface area contributed by atoms with Gasteiger partial charge in [-0.3, -0.25) is 13.3 Å². The molecule has 1 N–H and O–H groups in total. The second kappa shape index (κ2) is 13.1. The maximum Gasteiger partial charge on any atom is 0.329 e. The molecule has 0 bridgehead atoms. The van der Waals surface area contributed by atoms with E-state index in [0.29, 0.717) is 22.7 Å². The first kappa shape index (κ1) is 32.0. The van der Waals surface area contributed by atoms with E-state index in [4.69, 9.17) is 9.15 Å². The zero-order valence-electron chi connectivity index (χ0n) is 25.7. The van der Waals surface area contributed by atoms with Crippen LogP contribution in [0.25, 0.3) is 22.1 Å². The van der Waals surface area contributed by atoms with E-state index in [1.165, 1.54) is 12.7 Å². The molecule has 8 nitrogen and oxygen atoms in total. The van der Waals surface area contributed by atoms with Crippen molar-refractivity contribution < 1.29 is 27.5 Å². The summed E-state index contributed by atoms with van der Waals surface area (Å²) in [6, 6.07) is 19.2. The molecule has 1 amide bonds. The summed E-state index contributed by atoms with van der Waals surface area (Å²) in [7, 11) is 1.24.